The molecular formula is C17H20N2O3. The van der Waals surface area contributed by atoms with Gasteiger partial charge < -0.3 is 20.1 Å². The molecule has 0 fully saturated rings. The van der Waals surface area contributed by atoms with Crippen molar-refractivity contribution in [2.24, 2.45) is 0 Å². The first-order valence-electron chi connectivity index (χ1n) is 6.98. The minimum absolute atomic E-state index is 0.0993. The highest BCUT2D eigenvalue weighted by atomic mass is 16.5. The maximum Gasteiger partial charge on any atom is 0.319 e. The van der Waals surface area contributed by atoms with Gasteiger partial charge in [0, 0.05) is 6.07 Å². The molecule has 2 aromatic rings. The van der Waals surface area contributed by atoms with Crippen LogP contribution in [-0.2, 0) is 0 Å². The van der Waals surface area contributed by atoms with E-state index in [0.29, 0.717) is 17.2 Å². The lowest BCUT2D eigenvalue weighted by Crippen LogP contribution is -2.31. The van der Waals surface area contributed by atoms with Crippen LogP contribution in [0.5, 0.6) is 11.5 Å². The van der Waals surface area contributed by atoms with Crippen molar-refractivity contribution in [3.05, 3.63) is 54.1 Å². The molecule has 22 heavy (non-hydrogen) atoms. The number of carbonyl (C=O) groups is 1. The number of hydrogen-bond acceptors (Lipinski definition) is 3. The van der Waals surface area contributed by atoms with Crippen LogP contribution in [-0.4, -0.2) is 20.3 Å². The standard InChI is InChI=1S/C17H20N2O3/c1-12(13-7-5-4-6-8-13)18-17(20)19-15-11-14(21-2)9-10-16(15)22-3/h4-12H,1-3H3,(H2,18,19,20)/t12-/m0/s1. The number of rotatable bonds is 5. The van der Waals surface area contributed by atoms with Gasteiger partial charge in [0.15, 0.2) is 0 Å². The minimum Gasteiger partial charge on any atom is -0.497 e. The van der Waals surface area contributed by atoms with E-state index in [-0.39, 0.29) is 12.1 Å². The Labute approximate surface area is 130 Å². The smallest absolute Gasteiger partial charge is 0.319 e. The lowest BCUT2D eigenvalue weighted by Gasteiger charge is -2.16. The van der Waals surface area contributed by atoms with E-state index >= 15 is 0 Å². The molecule has 0 unspecified atom stereocenters. The van der Waals surface area contributed by atoms with Crippen molar-refractivity contribution < 1.29 is 14.3 Å². The SMILES string of the molecule is COc1ccc(OC)c(NC(=O)N[C@@H](C)c2ccccc2)c1. The summed E-state index contributed by atoms with van der Waals surface area (Å²) < 4.78 is 10.4. The predicted octanol–water partition coefficient (Wildman–Crippen LogP) is 3.59. The molecule has 0 spiro atoms. The molecule has 5 heteroatoms. The van der Waals surface area contributed by atoms with Crippen LogP contribution in [0.1, 0.15) is 18.5 Å². The van der Waals surface area contributed by atoms with Crippen molar-refractivity contribution in [3.63, 3.8) is 0 Å². The molecule has 0 bridgehead atoms. The first-order valence-corrected chi connectivity index (χ1v) is 6.98. The van der Waals surface area contributed by atoms with E-state index in [0.717, 1.165) is 5.56 Å². The Morgan fingerprint density at radius 1 is 1.05 bits per heavy atom. The van der Waals surface area contributed by atoms with Crippen LogP contribution in [0, 0.1) is 0 Å². The summed E-state index contributed by atoms with van der Waals surface area (Å²) in [6, 6.07) is 14.6. The van der Waals surface area contributed by atoms with Gasteiger partial charge in [-0.15, -0.1) is 0 Å². The summed E-state index contributed by atoms with van der Waals surface area (Å²) in [5.74, 6) is 1.22. The number of nitrogens with one attached hydrogen (secondary N) is 2. The molecule has 0 aliphatic heterocycles. The third kappa shape index (κ3) is 3.91. The van der Waals surface area contributed by atoms with E-state index in [1.54, 1.807) is 32.4 Å². The molecular weight excluding hydrogens is 280 g/mol. The molecule has 0 aliphatic rings. The number of methoxy groups -OCH3 is 2. The van der Waals surface area contributed by atoms with Gasteiger partial charge in [-0.05, 0) is 24.6 Å². The average molecular weight is 300 g/mol. The normalized spacial score (nSPS) is 11.4. The van der Waals surface area contributed by atoms with Gasteiger partial charge in [0.1, 0.15) is 11.5 Å². The summed E-state index contributed by atoms with van der Waals surface area (Å²) in [6.45, 7) is 1.93. The highest BCUT2D eigenvalue weighted by Gasteiger charge is 2.12. The van der Waals surface area contributed by atoms with Crippen molar-refractivity contribution in [1.29, 1.82) is 0 Å². The molecule has 2 rings (SSSR count). The molecule has 0 saturated carbocycles. The van der Waals surface area contributed by atoms with Crippen LogP contribution < -0.4 is 20.1 Å². The lowest BCUT2D eigenvalue weighted by molar-refractivity contribution is 0.249. The Kier molecular flexibility index (Phi) is 5.25. The summed E-state index contributed by atoms with van der Waals surface area (Å²) in [4.78, 5) is 12.1. The maximum atomic E-state index is 12.1. The van der Waals surface area contributed by atoms with Crippen LogP contribution in [0.4, 0.5) is 10.5 Å². The topological polar surface area (TPSA) is 59.6 Å². The zero-order valence-electron chi connectivity index (χ0n) is 12.9. The number of amides is 2. The second-order valence-corrected chi connectivity index (χ2v) is 4.80. The van der Waals surface area contributed by atoms with Crippen LogP contribution in [0.2, 0.25) is 0 Å². The van der Waals surface area contributed by atoms with Gasteiger partial charge in [-0.1, -0.05) is 30.3 Å². The van der Waals surface area contributed by atoms with Crippen LogP contribution in [0.15, 0.2) is 48.5 Å². The Hall–Kier alpha value is -2.69. The maximum absolute atomic E-state index is 12.1. The largest absolute Gasteiger partial charge is 0.497 e. The van der Waals surface area contributed by atoms with Crippen molar-refractivity contribution in [2.45, 2.75) is 13.0 Å². The molecule has 2 amide bonds. The Morgan fingerprint density at radius 3 is 2.41 bits per heavy atom. The van der Waals surface area contributed by atoms with Crippen molar-refractivity contribution in [2.75, 3.05) is 19.5 Å². The fraction of sp³-hybridized carbons (Fsp3) is 0.235. The Balaban J connectivity index is 2.05. The molecule has 116 valence electrons. The van der Waals surface area contributed by atoms with Gasteiger partial charge in [0.2, 0.25) is 0 Å². The third-order valence-corrected chi connectivity index (χ3v) is 3.30. The van der Waals surface area contributed by atoms with E-state index < -0.39 is 0 Å². The number of anilines is 1. The molecule has 0 aliphatic carbocycles. The first kappa shape index (κ1) is 15.7. The van der Waals surface area contributed by atoms with Crippen molar-refractivity contribution in [3.8, 4) is 11.5 Å². The quantitative estimate of drug-likeness (QED) is 0.887. The average Bonchev–Trinajstić information content (AvgIpc) is 2.55. The fourth-order valence-electron chi connectivity index (χ4n) is 2.09. The van der Waals surface area contributed by atoms with Crippen molar-refractivity contribution in [1.82, 2.24) is 5.32 Å². The van der Waals surface area contributed by atoms with E-state index in [1.807, 2.05) is 37.3 Å². The second kappa shape index (κ2) is 7.36. The summed E-state index contributed by atoms with van der Waals surface area (Å²) in [7, 11) is 3.13. The second-order valence-electron chi connectivity index (χ2n) is 4.80. The van der Waals surface area contributed by atoms with Gasteiger partial charge >= 0.3 is 6.03 Å². The number of carbonyl (C=O) groups excluding carboxylic acids is 1. The number of hydrogen-bond donors (Lipinski definition) is 2. The molecule has 2 aromatic carbocycles. The summed E-state index contributed by atoms with van der Waals surface area (Å²) in [5.41, 5.74) is 1.59. The molecule has 0 aromatic heterocycles. The molecule has 0 saturated heterocycles. The highest BCUT2D eigenvalue weighted by molar-refractivity contribution is 5.91. The summed E-state index contributed by atoms with van der Waals surface area (Å²) in [6.07, 6.45) is 0. The molecule has 5 nitrogen and oxygen atoms in total. The molecule has 1 atom stereocenters. The fourth-order valence-corrected chi connectivity index (χ4v) is 2.09. The van der Waals surface area contributed by atoms with Gasteiger partial charge in [-0.25, -0.2) is 4.79 Å². The van der Waals surface area contributed by atoms with Gasteiger partial charge in [0.05, 0.1) is 25.9 Å². The Bertz CT molecular complexity index is 629. The number of benzene rings is 2. The monoisotopic (exact) mass is 300 g/mol. The highest BCUT2D eigenvalue weighted by Crippen LogP contribution is 2.28. The van der Waals surface area contributed by atoms with E-state index in [2.05, 4.69) is 10.6 Å². The molecule has 0 radical (unpaired) electrons. The van der Waals surface area contributed by atoms with Crippen LogP contribution in [0.25, 0.3) is 0 Å². The van der Waals surface area contributed by atoms with Crippen LogP contribution >= 0.6 is 0 Å². The predicted molar refractivity (Wildman–Crippen MR) is 86.6 cm³/mol. The molecule has 0 heterocycles. The summed E-state index contributed by atoms with van der Waals surface area (Å²) in [5, 5.41) is 5.67. The third-order valence-electron chi connectivity index (χ3n) is 3.30. The lowest BCUT2D eigenvalue weighted by atomic mass is 10.1. The van der Waals surface area contributed by atoms with Gasteiger partial charge in [0.25, 0.3) is 0 Å². The van der Waals surface area contributed by atoms with Crippen molar-refractivity contribution >= 4 is 11.7 Å². The van der Waals surface area contributed by atoms with E-state index in [1.165, 1.54) is 0 Å². The zero-order valence-corrected chi connectivity index (χ0v) is 12.9. The van der Waals surface area contributed by atoms with E-state index in [9.17, 15) is 4.79 Å². The number of urea groups is 1. The van der Waals surface area contributed by atoms with Gasteiger partial charge in [-0.3, -0.25) is 0 Å². The first-order chi connectivity index (χ1) is 10.6. The minimum atomic E-state index is -0.303. The zero-order chi connectivity index (χ0) is 15.9. The van der Waals surface area contributed by atoms with Crippen LogP contribution in [0.3, 0.4) is 0 Å². The van der Waals surface area contributed by atoms with Gasteiger partial charge in [-0.2, -0.15) is 0 Å². The molecule has 2 N–H and O–H groups in total. The Morgan fingerprint density at radius 2 is 1.77 bits per heavy atom. The summed E-state index contributed by atoms with van der Waals surface area (Å²) >= 11 is 0. The number of ether oxygens (including phenoxy) is 2. The van der Waals surface area contributed by atoms with E-state index in [4.69, 9.17) is 9.47 Å².